The molecule has 0 heterocycles. The average Bonchev–Trinajstić information content (AvgIpc) is 2.30. The lowest BCUT2D eigenvalue weighted by atomic mass is 10.2. The first kappa shape index (κ1) is 12.2. The zero-order valence-corrected chi connectivity index (χ0v) is 9.56. The van der Waals surface area contributed by atoms with Crippen LogP contribution in [0.15, 0.2) is 29.4 Å². The first-order chi connectivity index (χ1) is 7.76. The summed E-state index contributed by atoms with van der Waals surface area (Å²) in [6.45, 7) is 1.95. The molecule has 1 aromatic rings. The van der Waals surface area contributed by atoms with E-state index in [1.807, 2.05) is 31.2 Å². The number of hydrogen-bond donors (Lipinski definition) is 1. The summed E-state index contributed by atoms with van der Waals surface area (Å²) in [5.41, 5.74) is 3.37. The number of hydrogen-bond acceptors (Lipinski definition) is 3. The zero-order valence-electron chi connectivity index (χ0n) is 9.56. The summed E-state index contributed by atoms with van der Waals surface area (Å²) in [6, 6.07) is 7.42. The van der Waals surface area contributed by atoms with Crippen molar-refractivity contribution < 1.29 is 9.53 Å². The minimum atomic E-state index is -0.0627. The third-order valence-electron chi connectivity index (χ3n) is 2.00. The maximum absolute atomic E-state index is 11.1. The molecular formula is C12H16N2O2. The molecule has 0 unspecified atom stereocenters. The van der Waals surface area contributed by atoms with Crippen LogP contribution in [0.2, 0.25) is 0 Å². The van der Waals surface area contributed by atoms with Gasteiger partial charge in [-0.3, -0.25) is 4.79 Å². The normalized spacial score (nSPS) is 10.4. The van der Waals surface area contributed by atoms with Crippen molar-refractivity contribution in [2.75, 3.05) is 7.11 Å². The first-order valence-corrected chi connectivity index (χ1v) is 5.22. The molecule has 0 radical (unpaired) electrons. The molecule has 0 aliphatic heterocycles. The van der Waals surface area contributed by atoms with Crippen molar-refractivity contribution in [2.24, 2.45) is 5.10 Å². The Hall–Kier alpha value is -1.84. The van der Waals surface area contributed by atoms with Crippen LogP contribution in [0.4, 0.5) is 0 Å². The molecule has 0 saturated carbocycles. The minimum Gasteiger partial charge on any atom is -0.497 e. The molecule has 0 bridgehead atoms. The smallest absolute Gasteiger partial charge is 0.240 e. The standard InChI is InChI=1S/C12H16N2O2/c1-3-4-12(15)14-13-9-10-5-7-11(16-2)8-6-10/h5-9H,3-4H2,1-2H3,(H,14,15)/b13-9-. The maximum atomic E-state index is 11.1. The van der Waals surface area contributed by atoms with E-state index >= 15 is 0 Å². The third-order valence-corrected chi connectivity index (χ3v) is 2.00. The van der Waals surface area contributed by atoms with Crippen molar-refractivity contribution >= 4 is 12.1 Å². The Bertz CT molecular complexity index is 358. The molecule has 0 fully saturated rings. The number of hydrazone groups is 1. The fourth-order valence-corrected chi connectivity index (χ4v) is 1.15. The number of ether oxygens (including phenoxy) is 1. The Balaban J connectivity index is 2.46. The van der Waals surface area contributed by atoms with Gasteiger partial charge in [-0.1, -0.05) is 6.92 Å². The predicted molar refractivity (Wildman–Crippen MR) is 63.6 cm³/mol. The van der Waals surface area contributed by atoms with Gasteiger partial charge in [-0.05, 0) is 36.2 Å². The second-order valence-electron chi connectivity index (χ2n) is 3.32. The van der Waals surface area contributed by atoms with Gasteiger partial charge in [0.2, 0.25) is 5.91 Å². The number of carbonyl (C=O) groups is 1. The SMILES string of the molecule is CCCC(=O)N/N=C\c1ccc(OC)cc1. The van der Waals surface area contributed by atoms with Gasteiger partial charge in [0.05, 0.1) is 13.3 Å². The number of methoxy groups -OCH3 is 1. The Morgan fingerprint density at radius 2 is 2.12 bits per heavy atom. The summed E-state index contributed by atoms with van der Waals surface area (Å²) in [5, 5.41) is 3.85. The van der Waals surface area contributed by atoms with Crippen molar-refractivity contribution in [3.05, 3.63) is 29.8 Å². The molecule has 0 spiro atoms. The average molecular weight is 220 g/mol. The van der Waals surface area contributed by atoms with E-state index in [0.29, 0.717) is 6.42 Å². The van der Waals surface area contributed by atoms with Gasteiger partial charge in [0.1, 0.15) is 5.75 Å². The van der Waals surface area contributed by atoms with Gasteiger partial charge in [0.25, 0.3) is 0 Å². The Kier molecular flexibility index (Phi) is 5.05. The lowest BCUT2D eigenvalue weighted by Gasteiger charge is -1.99. The molecule has 16 heavy (non-hydrogen) atoms. The van der Waals surface area contributed by atoms with Crippen LogP contribution < -0.4 is 10.2 Å². The van der Waals surface area contributed by atoms with Crippen LogP contribution in [0, 0.1) is 0 Å². The Morgan fingerprint density at radius 3 is 2.69 bits per heavy atom. The number of nitrogens with one attached hydrogen (secondary N) is 1. The van der Waals surface area contributed by atoms with E-state index in [9.17, 15) is 4.79 Å². The largest absolute Gasteiger partial charge is 0.497 e. The molecule has 0 aliphatic carbocycles. The maximum Gasteiger partial charge on any atom is 0.240 e. The minimum absolute atomic E-state index is 0.0627. The number of carbonyl (C=O) groups excluding carboxylic acids is 1. The topological polar surface area (TPSA) is 50.7 Å². The van der Waals surface area contributed by atoms with Gasteiger partial charge in [0.15, 0.2) is 0 Å². The molecule has 0 aromatic heterocycles. The lowest BCUT2D eigenvalue weighted by molar-refractivity contribution is -0.121. The van der Waals surface area contributed by atoms with Crippen LogP contribution >= 0.6 is 0 Å². The number of rotatable bonds is 5. The lowest BCUT2D eigenvalue weighted by Crippen LogP contribution is -2.16. The molecule has 1 rings (SSSR count). The molecule has 1 N–H and O–H groups in total. The molecule has 1 aromatic carbocycles. The number of nitrogens with zero attached hydrogens (tertiary/aromatic N) is 1. The molecule has 4 nitrogen and oxygen atoms in total. The van der Waals surface area contributed by atoms with E-state index in [-0.39, 0.29) is 5.91 Å². The van der Waals surface area contributed by atoms with Crippen molar-refractivity contribution in [3.8, 4) is 5.75 Å². The van der Waals surface area contributed by atoms with E-state index in [2.05, 4.69) is 10.5 Å². The van der Waals surface area contributed by atoms with Crippen LogP contribution in [0.1, 0.15) is 25.3 Å². The van der Waals surface area contributed by atoms with Crippen molar-refractivity contribution in [2.45, 2.75) is 19.8 Å². The highest BCUT2D eigenvalue weighted by Crippen LogP contribution is 2.09. The van der Waals surface area contributed by atoms with E-state index in [1.165, 1.54) is 0 Å². The van der Waals surface area contributed by atoms with E-state index in [0.717, 1.165) is 17.7 Å². The second-order valence-corrected chi connectivity index (χ2v) is 3.32. The van der Waals surface area contributed by atoms with E-state index in [4.69, 9.17) is 4.74 Å². The van der Waals surface area contributed by atoms with Gasteiger partial charge in [-0.15, -0.1) is 0 Å². The van der Waals surface area contributed by atoms with Crippen LogP contribution in [-0.2, 0) is 4.79 Å². The summed E-state index contributed by atoms with van der Waals surface area (Å²) >= 11 is 0. The van der Waals surface area contributed by atoms with Gasteiger partial charge in [-0.25, -0.2) is 5.43 Å². The van der Waals surface area contributed by atoms with Crippen molar-refractivity contribution in [1.29, 1.82) is 0 Å². The van der Waals surface area contributed by atoms with Crippen molar-refractivity contribution in [3.63, 3.8) is 0 Å². The fourth-order valence-electron chi connectivity index (χ4n) is 1.15. The Labute approximate surface area is 95.3 Å². The number of amides is 1. The Morgan fingerprint density at radius 1 is 1.44 bits per heavy atom. The van der Waals surface area contributed by atoms with E-state index in [1.54, 1.807) is 13.3 Å². The second kappa shape index (κ2) is 6.61. The molecule has 1 amide bonds. The van der Waals surface area contributed by atoms with Crippen LogP contribution in [0.3, 0.4) is 0 Å². The van der Waals surface area contributed by atoms with Gasteiger partial charge in [-0.2, -0.15) is 5.10 Å². The highest BCUT2D eigenvalue weighted by molar-refractivity contribution is 5.82. The molecule has 86 valence electrons. The summed E-state index contributed by atoms with van der Waals surface area (Å²) < 4.78 is 5.03. The summed E-state index contributed by atoms with van der Waals surface area (Å²) in [6.07, 6.45) is 2.93. The summed E-state index contributed by atoms with van der Waals surface area (Å²) in [4.78, 5) is 11.1. The molecule has 4 heteroatoms. The summed E-state index contributed by atoms with van der Waals surface area (Å²) in [7, 11) is 1.62. The van der Waals surface area contributed by atoms with Gasteiger partial charge in [0, 0.05) is 6.42 Å². The molecule has 0 atom stereocenters. The predicted octanol–water partition coefficient (Wildman–Crippen LogP) is 1.95. The molecule has 0 aliphatic rings. The van der Waals surface area contributed by atoms with Crippen LogP contribution in [0.5, 0.6) is 5.75 Å². The van der Waals surface area contributed by atoms with Crippen molar-refractivity contribution in [1.82, 2.24) is 5.43 Å². The highest BCUT2D eigenvalue weighted by atomic mass is 16.5. The fraction of sp³-hybridized carbons (Fsp3) is 0.333. The van der Waals surface area contributed by atoms with Gasteiger partial charge < -0.3 is 4.74 Å². The number of benzene rings is 1. The monoisotopic (exact) mass is 220 g/mol. The van der Waals surface area contributed by atoms with Crippen LogP contribution in [0.25, 0.3) is 0 Å². The zero-order chi connectivity index (χ0) is 11.8. The van der Waals surface area contributed by atoms with Crippen LogP contribution in [-0.4, -0.2) is 19.2 Å². The summed E-state index contributed by atoms with van der Waals surface area (Å²) in [5.74, 6) is 0.736. The third kappa shape index (κ3) is 4.13. The van der Waals surface area contributed by atoms with E-state index < -0.39 is 0 Å². The quantitative estimate of drug-likeness (QED) is 0.609. The molecule has 0 saturated heterocycles. The highest BCUT2D eigenvalue weighted by Gasteiger charge is 1.95. The van der Waals surface area contributed by atoms with Gasteiger partial charge >= 0.3 is 0 Å². The first-order valence-electron chi connectivity index (χ1n) is 5.22. The molecular weight excluding hydrogens is 204 g/mol.